The second-order valence-corrected chi connectivity index (χ2v) is 11.7. The van der Waals surface area contributed by atoms with E-state index in [2.05, 4.69) is 0 Å². The molecular formula is C40H26O8. The molecule has 0 aromatic heterocycles. The van der Waals surface area contributed by atoms with Crippen LogP contribution in [0, 0.1) is 0 Å². The summed E-state index contributed by atoms with van der Waals surface area (Å²) in [5.74, 6) is -7.32. The first-order valence-corrected chi connectivity index (χ1v) is 15.0. The number of hydrogen-bond acceptors (Lipinski definition) is 8. The van der Waals surface area contributed by atoms with E-state index >= 15 is 0 Å². The fraction of sp³-hybridized carbons (Fsp3) is 0. The van der Waals surface area contributed by atoms with Gasteiger partial charge in [0.2, 0.25) is 23.0 Å². The third-order valence-corrected chi connectivity index (χ3v) is 9.10. The van der Waals surface area contributed by atoms with Crippen LogP contribution in [0.5, 0.6) is 46.0 Å². The van der Waals surface area contributed by atoms with E-state index in [0.717, 1.165) is 27.3 Å². The maximum Gasteiger partial charge on any atom is 0.204 e. The SMILES string of the molecule is Oc1c(O)c(O)c2c(-c3cccc4ccccc34)c3c(O)c(O)c(O)c(O)c3c(-c3cccc(-c4cccc5ccccc45)c3)c2c1O. The van der Waals surface area contributed by atoms with E-state index in [0.29, 0.717) is 16.5 Å². The lowest BCUT2D eigenvalue weighted by Gasteiger charge is -2.23. The normalized spacial score (nSPS) is 11.6. The third-order valence-electron chi connectivity index (χ3n) is 9.10. The molecular weight excluding hydrogens is 608 g/mol. The molecule has 8 rings (SSSR count). The third kappa shape index (κ3) is 3.89. The number of phenols is 8. The first-order valence-electron chi connectivity index (χ1n) is 15.0. The highest BCUT2D eigenvalue weighted by Gasteiger charge is 2.32. The molecule has 8 N–H and O–H groups in total. The van der Waals surface area contributed by atoms with Crippen LogP contribution in [0.4, 0.5) is 0 Å². The molecule has 0 heterocycles. The lowest BCUT2D eigenvalue weighted by atomic mass is 9.82. The number of phenolic OH excluding ortho intramolecular Hbond substituents is 8. The van der Waals surface area contributed by atoms with Crippen molar-refractivity contribution in [1.82, 2.24) is 0 Å². The van der Waals surface area contributed by atoms with E-state index in [4.69, 9.17) is 0 Å². The van der Waals surface area contributed by atoms with Gasteiger partial charge in [0.05, 0.1) is 0 Å². The van der Waals surface area contributed by atoms with Gasteiger partial charge in [0.1, 0.15) is 0 Å². The van der Waals surface area contributed by atoms with Crippen LogP contribution in [0.1, 0.15) is 0 Å². The second-order valence-electron chi connectivity index (χ2n) is 11.7. The Labute approximate surface area is 272 Å². The molecule has 0 amide bonds. The van der Waals surface area contributed by atoms with Crippen LogP contribution in [0.15, 0.2) is 109 Å². The Kier molecular flexibility index (Phi) is 6.19. The minimum absolute atomic E-state index is 0.00252. The first-order chi connectivity index (χ1) is 23.2. The van der Waals surface area contributed by atoms with Gasteiger partial charge in [0.25, 0.3) is 0 Å². The fourth-order valence-electron chi connectivity index (χ4n) is 6.94. The van der Waals surface area contributed by atoms with Gasteiger partial charge in [0.15, 0.2) is 23.0 Å². The Morgan fingerprint density at radius 2 is 0.667 bits per heavy atom. The van der Waals surface area contributed by atoms with Crippen LogP contribution in [-0.2, 0) is 0 Å². The van der Waals surface area contributed by atoms with Crippen LogP contribution in [0.3, 0.4) is 0 Å². The smallest absolute Gasteiger partial charge is 0.204 e. The van der Waals surface area contributed by atoms with E-state index < -0.39 is 46.0 Å². The van der Waals surface area contributed by atoms with Crippen molar-refractivity contribution in [2.24, 2.45) is 0 Å². The molecule has 0 bridgehead atoms. The Morgan fingerprint density at radius 3 is 1.19 bits per heavy atom. The zero-order valence-corrected chi connectivity index (χ0v) is 25.0. The zero-order chi connectivity index (χ0) is 33.4. The van der Waals surface area contributed by atoms with Crippen LogP contribution in [0.25, 0.3) is 76.5 Å². The molecule has 8 heteroatoms. The molecule has 0 radical (unpaired) electrons. The van der Waals surface area contributed by atoms with Gasteiger partial charge in [-0.15, -0.1) is 0 Å². The van der Waals surface area contributed by atoms with Crippen LogP contribution in [-0.4, -0.2) is 40.9 Å². The molecule has 234 valence electrons. The summed E-state index contributed by atoms with van der Waals surface area (Å²) in [6.45, 7) is 0. The molecule has 0 saturated carbocycles. The van der Waals surface area contributed by atoms with E-state index in [1.165, 1.54) is 0 Å². The zero-order valence-electron chi connectivity index (χ0n) is 25.0. The molecule has 8 aromatic rings. The molecule has 8 nitrogen and oxygen atoms in total. The Hall–Kier alpha value is -6.80. The van der Waals surface area contributed by atoms with E-state index in [-0.39, 0.29) is 32.7 Å². The number of rotatable bonds is 3. The van der Waals surface area contributed by atoms with Crippen molar-refractivity contribution in [3.63, 3.8) is 0 Å². The van der Waals surface area contributed by atoms with Gasteiger partial charge < -0.3 is 40.9 Å². The lowest BCUT2D eigenvalue weighted by molar-refractivity contribution is 0.350. The summed E-state index contributed by atoms with van der Waals surface area (Å²) < 4.78 is 0. The summed E-state index contributed by atoms with van der Waals surface area (Å²) in [6, 6.07) is 33.2. The monoisotopic (exact) mass is 634 g/mol. The fourth-order valence-corrected chi connectivity index (χ4v) is 6.94. The summed E-state index contributed by atoms with van der Waals surface area (Å²) in [5.41, 5.74) is 2.35. The van der Waals surface area contributed by atoms with Crippen molar-refractivity contribution in [2.75, 3.05) is 0 Å². The molecule has 0 aliphatic rings. The van der Waals surface area contributed by atoms with Gasteiger partial charge in [-0.1, -0.05) is 103 Å². The van der Waals surface area contributed by atoms with Crippen molar-refractivity contribution in [1.29, 1.82) is 0 Å². The number of fused-ring (bicyclic) bond motifs is 4. The molecule has 0 saturated heterocycles. The van der Waals surface area contributed by atoms with Gasteiger partial charge in [-0.3, -0.25) is 0 Å². The minimum atomic E-state index is -1.01. The molecule has 0 aliphatic carbocycles. The topological polar surface area (TPSA) is 162 Å². The highest BCUT2D eigenvalue weighted by Crippen LogP contribution is 2.62. The number of hydrogen-bond donors (Lipinski definition) is 8. The van der Waals surface area contributed by atoms with Crippen molar-refractivity contribution in [3.05, 3.63) is 109 Å². The average molecular weight is 635 g/mol. The summed E-state index contributed by atoms with van der Waals surface area (Å²) in [5, 5.41) is 92.4. The maximum atomic E-state index is 11.6. The van der Waals surface area contributed by atoms with Crippen molar-refractivity contribution < 1.29 is 40.9 Å². The molecule has 8 aromatic carbocycles. The minimum Gasteiger partial charge on any atom is -0.504 e. The first kappa shape index (κ1) is 28.7. The lowest BCUT2D eigenvalue weighted by Crippen LogP contribution is -1.95. The van der Waals surface area contributed by atoms with Crippen molar-refractivity contribution in [3.8, 4) is 79.4 Å². The number of aromatic hydroxyl groups is 8. The van der Waals surface area contributed by atoms with Crippen molar-refractivity contribution in [2.45, 2.75) is 0 Å². The maximum absolute atomic E-state index is 11.6. The quantitative estimate of drug-likeness (QED) is 0.0543. The summed E-state index contributed by atoms with van der Waals surface area (Å²) in [7, 11) is 0. The molecule has 0 spiro atoms. The molecule has 0 atom stereocenters. The van der Waals surface area contributed by atoms with Crippen molar-refractivity contribution >= 4 is 43.1 Å². The summed E-state index contributed by atoms with van der Waals surface area (Å²) in [6.07, 6.45) is 0. The largest absolute Gasteiger partial charge is 0.504 e. The highest BCUT2D eigenvalue weighted by molar-refractivity contribution is 6.30. The molecule has 48 heavy (non-hydrogen) atoms. The predicted octanol–water partition coefficient (Wildman–Crippen LogP) is 8.95. The molecule has 0 unspecified atom stereocenters. The Balaban J connectivity index is 1.62. The second kappa shape index (κ2) is 10.4. The highest BCUT2D eigenvalue weighted by atomic mass is 16.4. The van der Waals surface area contributed by atoms with E-state index in [1.54, 1.807) is 42.5 Å². The molecule has 0 aliphatic heterocycles. The van der Waals surface area contributed by atoms with Gasteiger partial charge in [-0.05, 0) is 49.9 Å². The summed E-state index contributed by atoms with van der Waals surface area (Å²) >= 11 is 0. The van der Waals surface area contributed by atoms with Gasteiger partial charge in [-0.2, -0.15) is 0 Å². The predicted molar refractivity (Wildman–Crippen MR) is 186 cm³/mol. The van der Waals surface area contributed by atoms with Crippen LogP contribution in [0.2, 0.25) is 0 Å². The average Bonchev–Trinajstić information content (AvgIpc) is 3.13. The Morgan fingerprint density at radius 1 is 0.292 bits per heavy atom. The van der Waals surface area contributed by atoms with Gasteiger partial charge >= 0.3 is 0 Å². The van der Waals surface area contributed by atoms with E-state index in [9.17, 15) is 40.9 Å². The van der Waals surface area contributed by atoms with E-state index in [1.807, 2.05) is 66.7 Å². The number of benzene rings is 8. The Bertz CT molecular complexity index is 2570. The summed E-state index contributed by atoms with van der Waals surface area (Å²) in [4.78, 5) is 0. The van der Waals surface area contributed by atoms with Gasteiger partial charge in [0, 0.05) is 32.7 Å². The standard InChI is InChI=1S/C40H26O8/c41-33-29-27(22-13-5-12-21(18-22)25-16-6-10-19-8-1-3-14-23(19)25)30-32(36(44)40(48)38(46)34(30)42)28(31(29)35(43)39(47)37(33)45)26-17-7-11-20-9-2-4-15-24(20)26/h1-18,41-48H. The molecule has 0 fully saturated rings. The van der Waals surface area contributed by atoms with Gasteiger partial charge in [-0.25, -0.2) is 0 Å². The van der Waals surface area contributed by atoms with Crippen LogP contribution >= 0.6 is 0 Å². The van der Waals surface area contributed by atoms with Crippen LogP contribution < -0.4 is 0 Å².